The second kappa shape index (κ2) is 6.16. The van der Waals surface area contributed by atoms with Crippen LogP contribution in [-0.4, -0.2) is 35.8 Å². The van der Waals surface area contributed by atoms with Crippen molar-refractivity contribution < 1.29 is 24.2 Å². The Morgan fingerprint density at radius 2 is 1.96 bits per heavy atom. The molecule has 2 rings (SSSR count). The number of carboxylic acid groups (broad SMARTS) is 1. The molecule has 2 aromatic rings. The van der Waals surface area contributed by atoms with Gasteiger partial charge in [-0.25, -0.2) is 9.59 Å². The fourth-order valence-electron chi connectivity index (χ4n) is 2.88. The van der Waals surface area contributed by atoms with Gasteiger partial charge in [-0.3, -0.25) is 0 Å². The molecule has 122 valence electrons. The first-order valence-electron chi connectivity index (χ1n) is 7.08. The number of rotatable bonds is 5. The van der Waals surface area contributed by atoms with Crippen LogP contribution >= 0.6 is 0 Å². The Balaban J connectivity index is 3.02. The standard InChI is InChI=1S/C17H19NO5/c1-6-10-12(22-4)8-7-11-13(10)14(17(21)23-5)15(18(11)3)9(2)16(19)20/h7-8H,2,6H2,1,3-5H3,(H,19,20). The van der Waals surface area contributed by atoms with Gasteiger partial charge >= 0.3 is 11.9 Å². The number of carbonyl (C=O) groups excluding carboxylic acids is 1. The number of fused-ring (bicyclic) bond motifs is 1. The highest BCUT2D eigenvalue weighted by Gasteiger charge is 2.28. The van der Waals surface area contributed by atoms with Crippen LogP contribution in [0.3, 0.4) is 0 Å². The summed E-state index contributed by atoms with van der Waals surface area (Å²) < 4.78 is 11.9. The van der Waals surface area contributed by atoms with Gasteiger partial charge in [0, 0.05) is 23.5 Å². The molecule has 0 unspecified atom stereocenters. The molecule has 0 aliphatic carbocycles. The average Bonchev–Trinajstić information content (AvgIpc) is 2.85. The van der Waals surface area contributed by atoms with E-state index in [1.165, 1.54) is 7.11 Å². The van der Waals surface area contributed by atoms with Gasteiger partial charge in [0.15, 0.2) is 0 Å². The van der Waals surface area contributed by atoms with E-state index in [-0.39, 0.29) is 16.8 Å². The highest BCUT2D eigenvalue weighted by atomic mass is 16.5. The zero-order chi connectivity index (χ0) is 17.3. The van der Waals surface area contributed by atoms with Gasteiger partial charge < -0.3 is 19.1 Å². The molecule has 0 atom stereocenters. The smallest absolute Gasteiger partial charge is 0.340 e. The normalized spacial score (nSPS) is 10.6. The molecular formula is C17H19NO5. The van der Waals surface area contributed by atoms with Crippen molar-refractivity contribution in [2.75, 3.05) is 14.2 Å². The zero-order valence-corrected chi connectivity index (χ0v) is 13.6. The van der Waals surface area contributed by atoms with Gasteiger partial charge in [-0.2, -0.15) is 0 Å². The molecule has 1 heterocycles. The van der Waals surface area contributed by atoms with Crippen LogP contribution in [-0.2, 0) is 23.0 Å². The molecule has 0 amide bonds. The zero-order valence-electron chi connectivity index (χ0n) is 13.6. The topological polar surface area (TPSA) is 77.8 Å². The van der Waals surface area contributed by atoms with E-state index in [2.05, 4.69) is 6.58 Å². The lowest BCUT2D eigenvalue weighted by Crippen LogP contribution is -2.10. The molecule has 0 aliphatic rings. The summed E-state index contributed by atoms with van der Waals surface area (Å²) in [4.78, 5) is 23.7. The second-order valence-corrected chi connectivity index (χ2v) is 5.05. The van der Waals surface area contributed by atoms with E-state index >= 15 is 0 Å². The molecular weight excluding hydrogens is 298 g/mol. The van der Waals surface area contributed by atoms with Crippen molar-refractivity contribution in [2.24, 2.45) is 7.05 Å². The van der Waals surface area contributed by atoms with E-state index in [1.54, 1.807) is 30.9 Å². The maximum Gasteiger partial charge on any atom is 0.340 e. The molecule has 1 N–H and O–H groups in total. The number of aromatic nitrogens is 1. The molecule has 0 radical (unpaired) electrons. The summed E-state index contributed by atoms with van der Waals surface area (Å²) in [6, 6.07) is 3.59. The van der Waals surface area contributed by atoms with Crippen LogP contribution in [0.25, 0.3) is 16.5 Å². The molecule has 23 heavy (non-hydrogen) atoms. The van der Waals surface area contributed by atoms with E-state index < -0.39 is 11.9 Å². The number of benzene rings is 1. The van der Waals surface area contributed by atoms with E-state index in [0.29, 0.717) is 17.6 Å². The fraction of sp³-hybridized carbons (Fsp3) is 0.294. The first kappa shape index (κ1) is 16.6. The van der Waals surface area contributed by atoms with Crippen molar-refractivity contribution in [2.45, 2.75) is 13.3 Å². The third kappa shape index (κ3) is 2.46. The van der Waals surface area contributed by atoms with Gasteiger partial charge in [0.25, 0.3) is 0 Å². The maximum absolute atomic E-state index is 12.3. The van der Waals surface area contributed by atoms with Crippen LogP contribution in [0.1, 0.15) is 28.5 Å². The molecule has 6 nitrogen and oxygen atoms in total. The predicted octanol–water partition coefficient (Wildman–Crippen LogP) is 2.63. The fourth-order valence-corrected chi connectivity index (χ4v) is 2.88. The Kier molecular flexibility index (Phi) is 4.45. The van der Waals surface area contributed by atoms with Gasteiger partial charge in [0.1, 0.15) is 5.75 Å². The lowest BCUT2D eigenvalue weighted by atomic mass is 10.00. The molecule has 1 aromatic carbocycles. The average molecular weight is 317 g/mol. The van der Waals surface area contributed by atoms with E-state index in [1.807, 2.05) is 6.92 Å². The predicted molar refractivity (Wildman–Crippen MR) is 86.9 cm³/mol. The van der Waals surface area contributed by atoms with Crippen molar-refractivity contribution in [3.05, 3.63) is 35.5 Å². The number of esters is 1. The highest BCUT2D eigenvalue weighted by Crippen LogP contribution is 2.37. The summed E-state index contributed by atoms with van der Waals surface area (Å²) in [6.07, 6.45) is 0.619. The van der Waals surface area contributed by atoms with Crippen molar-refractivity contribution in [1.82, 2.24) is 4.57 Å². The number of carboxylic acids is 1. The Hall–Kier alpha value is -2.76. The van der Waals surface area contributed by atoms with Crippen LogP contribution in [0.2, 0.25) is 0 Å². The third-order valence-electron chi connectivity index (χ3n) is 3.94. The van der Waals surface area contributed by atoms with Crippen LogP contribution in [0.15, 0.2) is 18.7 Å². The van der Waals surface area contributed by atoms with Gasteiger partial charge in [-0.05, 0) is 18.6 Å². The summed E-state index contributed by atoms with van der Waals surface area (Å²) in [5.41, 5.74) is 1.83. The number of aryl methyl sites for hydroxylation is 2. The molecule has 0 saturated carbocycles. The Bertz CT molecular complexity index is 816. The number of carbonyl (C=O) groups is 2. The molecule has 6 heteroatoms. The first-order valence-corrected chi connectivity index (χ1v) is 7.08. The number of hydrogen-bond acceptors (Lipinski definition) is 4. The van der Waals surface area contributed by atoms with Crippen molar-refractivity contribution in [1.29, 1.82) is 0 Å². The number of ether oxygens (including phenoxy) is 2. The van der Waals surface area contributed by atoms with Gasteiger partial charge in [0.2, 0.25) is 0 Å². The second-order valence-electron chi connectivity index (χ2n) is 5.05. The molecule has 1 aromatic heterocycles. The number of hydrogen-bond donors (Lipinski definition) is 1. The molecule has 0 fully saturated rings. The Morgan fingerprint density at radius 1 is 1.30 bits per heavy atom. The van der Waals surface area contributed by atoms with E-state index in [0.717, 1.165) is 11.1 Å². The highest BCUT2D eigenvalue weighted by molar-refractivity contribution is 6.20. The largest absolute Gasteiger partial charge is 0.496 e. The summed E-state index contributed by atoms with van der Waals surface area (Å²) in [5, 5.41) is 9.94. The molecule has 0 spiro atoms. The quantitative estimate of drug-likeness (QED) is 0.677. The molecule has 0 saturated heterocycles. The summed E-state index contributed by atoms with van der Waals surface area (Å²) >= 11 is 0. The van der Waals surface area contributed by atoms with E-state index in [4.69, 9.17) is 9.47 Å². The number of aliphatic carboxylic acids is 1. The maximum atomic E-state index is 12.3. The van der Waals surface area contributed by atoms with Crippen molar-refractivity contribution in [3.8, 4) is 5.75 Å². The first-order chi connectivity index (χ1) is 10.9. The SMILES string of the molecule is C=C(C(=O)O)c1c(C(=O)OC)c2c(CC)c(OC)ccc2n1C. The minimum atomic E-state index is -1.19. The van der Waals surface area contributed by atoms with Crippen LogP contribution in [0.5, 0.6) is 5.75 Å². The lowest BCUT2D eigenvalue weighted by molar-refractivity contribution is -0.130. The Labute approximate surface area is 133 Å². The molecule has 0 aliphatic heterocycles. The lowest BCUT2D eigenvalue weighted by Gasteiger charge is -2.09. The number of methoxy groups -OCH3 is 2. The van der Waals surface area contributed by atoms with E-state index in [9.17, 15) is 14.7 Å². The summed E-state index contributed by atoms with van der Waals surface area (Å²) in [5.74, 6) is -1.15. The minimum Gasteiger partial charge on any atom is -0.496 e. The van der Waals surface area contributed by atoms with Crippen molar-refractivity contribution in [3.63, 3.8) is 0 Å². The van der Waals surface area contributed by atoms with Gasteiger partial charge in [-0.1, -0.05) is 13.5 Å². The number of nitrogens with zero attached hydrogens (tertiary/aromatic N) is 1. The van der Waals surface area contributed by atoms with Crippen LogP contribution in [0, 0.1) is 0 Å². The van der Waals surface area contributed by atoms with Crippen LogP contribution in [0.4, 0.5) is 0 Å². The third-order valence-corrected chi connectivity index (χ3v) is 3.94. The molecule has 0 bridgehead atoms. The van der Waals surface area contributed by atoms with Crippen LogP contribution < -0.4 is 4.74 Å². The minimum absolute atomic E-state index is 0.162. The summed E-state index contributed by atoms with van der Waals surface area (Å²) in [7, 11) is 4.52. The van der Waals surface area contributed by atoms with Gasteiger partial charge in [0.05, 0.1) is 31.1 Å². The van der Waals surface area contributed by atoms with Gasteiger partial charge in [-0.15, -0.1) is 0 Å². The van der Waals surface area contributed by atoms with Crippen molar-refractivity contribution >= 4 is 28.4 Å². The monoisotopic (exact) mass is 317 g/mol. The summed E-state index contributed by atoms with van der Waals surface area (Å²) in [6.45, 7) is 5.54. The Morgan fingerprint density at radius 3 is 2.43 bits per heavy atom.